The van der Waals surface area contributed by atoms with Gasteiger partial charge in [0.25, 0.3) is 15.9 Å². The van der Waals surface area contributed by atoms with Crippen LogP contribution in [0.1, 0.15) is 15.9 Å². The Hall–Kier alpha value is -2.54. The van der Waals surface area contributed by atoms with Gasteiger partial charge in [0, 0.05) is 19.7 Å². The van der Waals surface area contributed by atoms with Gasteiger partial charge in [-0.05, 0) is 36.8 Å². The Morgan fingerprint density at radius 2 is 1.83 bits per heavy atom. The van der Waals surface area contributed by atoms with Crippen LogP contribution in [0.5, 0.6) is 5.75 Å². The van der Waals surface area contributed by atoms with Crippen molar-refractivity contribution in [3.63, 3.8) is 0 Å². The number of sulfonamides is 1. The van der Waals surface area contributed by atoms with Gasteiger partial charge >= 0.3 is 0 Å². The van der Waals surface area contributed by atoms with Crippen LogP contribution in [0, 0.1) is 6.92 Å². The zero-order chi connectivity index (χ0) is 17.9. The van der Waals surface area contributed by atoms with Gasteiger partial charge in [-0.1, -0.05) is 18.2 Å². The quantitative estimate of drug-likeness (QED) is 0.899. The predicted molar refractivity (Wildman–Crippen MR) is 93.2 cm³/mol. The number of carbonyl (C=O) groups excluding carboxylic acids is 1. The number of anilines is 1. The average molecular weight is 348 g/mol. The van der Waals surface area contributed by atoms with Crippen molar-refractivity contribution in [3.8, 4) is 5.75 Å². The fraction of sp³-hybridized carbons (Fsp3) is 0.235. The van der Waals surface area contributed by atoms with E-state index in [1.165, 1.54) is 33.3 Å². The van der Waals surface area contributed by atoms with E-state index in [4.69, 9.17) is 4.74 Å². The molecular formula is C17H20N2O4S. The van der Waals surface area contributed by atoms with Crippen molar-refractivity contribution >= 4 is 21.6 Å². The molecule has 0 aromatic heterocycles. The molecular weight excluding hydrogens is 328 g/mol. The lowest BCUT2D eigenvalue weighted by atomic mass is 10.1. The summed E-state index contributed by atoms with van der Waals surface area (Å²) in [5.74, 6) is 0.117. The van der Waals surface area contributed by atoms with Crippen LogP contribution < -0.4 is 14.4 Å². The van der Waals surface area contributed by atoms with E-state index in [9.17, 15) is 13.2 Å². The first-order valence-corrected chi connectivity index (χ1v) is 8.71. The Kier molecular flexibility index (Phi) is 5.14. The molecule has 0 atom stereocenters. The Morgan fingerprint density at radius 3 is 2.46 bits per heavy atom. The van der Waals surface area contributed by atoms with Crippen molar-refractivity contribution in [2.24, 2.45) is 0 Å². The number of amides is 1. The van der Waals surface area contributed by atoms with E-state index in [0.29, 0.717) is 22.6 Å². The van der Waals surface area contributed by atoms with E-state index in [1.807, 2.05) is 0 Å². The Bertz CT molecular complexity index is 863. The van der Waals surface area contributed by atoms with E-state index >= 15 is 0 Å². The van der Waals surface area contributed by atoms with Gasteiger partial charge in [-0.15, -0.1) is 0 Å². The second-order valence-corrected chi connectivity index (χ2v) is 7.17. The minimum Gasteiger partial charge on any atom is -0.495 e. The van der Waals surface area contributed by atoms with Crippen molar-refractivity contribution < 1.29 is 17.9 Å². The number of rotatable bonds is 5. The minimum absolute atomic E-state index is 0.0418. The Labute approximate surface area is 142 Å². The van der Waals surface area contributed by atoms with Gasteiger partial charge in [-0.25, -0.2) is 8.42 Å². The Morgan fingerprint density at radius 1 is 1.17 bits per heavy atom. The third kappa shape index (κ3) is 3.21. The van der Waals surface area contributed by atoms with Crippen molar-refractivity contribution in [3.05, 3.63) is 53.6 Å². The molecule has 0 saturated heterocycles. The summed E-state index contributed by atoms with van der Waals surface area (Å²) < 4.78 is 32.2. The second-order valence-electron chi connectivity index (χ2n) is 5.20. The maximum absolute atomic E-state index is 12.9. The van der Waals surface area contributed by atoms with Crippen LogP contribution in [0.4, 0.5) is 5.69 Å². The average Bonchev–Trinajstić information content (AvgIpc) is 2.60. The standard InChI is InChI=1S/C17H20N2O4S/c1-12-9-10-13(11-14(12)17(20)18-2)24(21,22)19(3)15-7-5-6-8-16(15)23-4/h5-11H,1-4H3,(H,18,20). The maximum atomic E-state index is 12.9. The normalized spacial score (nSPS) is 11.0. The predicted octanol–water partition coefficient (Wildman–Crippen LogP) is 2.19. The zero-order valence-corrected chi connectivity index (χ0v) is 14.8. The number of hydrogen-bond donors (Lipinski definition) is 1. The monoisotopic (exact) mass is 348 g/mol. The zero-order valence-electron chi connectivity index (χ0n) is 14.0. The summed E-state index contributed by atoms with van der Waals surface area (Å²) in [6, 6.07) is 11.3. The molecule has 128 valence electrons. The molecule has 0 bridgehead atoms. The molecule has 0 fully saturated rings. The Balaban J connectivity index is 2.52. The van der Waals surface area contributed by atoms with Crippen molar-refractivity contribution in [1.29, 1.82) is 0 Å². The molecule has 2 aromatic rings. The molecule has 0 unspecified atom stereocenters. The van der Waals surface area contributed by atoms with Crippen LogP contribution in [-0.4, -0.2) is 35.5 Å². The van der Waals surface area contributed by atoms with Gasteiger partial charge in [0.05, 0.1) is 17.7 Å². The largest absolute Gasteiger partial charge is 0.495 e. The molecule has 0 aliphatic heterocycles. The highest BCUT2D eigenvalue weighted by atomic mass is 32.2. The number of benzene rings is 2. The number of carbonyl (C=O) groups is 1. The lowest BCUT2D eigenvalue weighted by Crippen LogP contribution is -2.27. The molecule has 1 N–H and O–H groups in total. The number of para-hydroxylation sites is 2. The number of hydrogen-bond acceptors (Lipinski definition) is 4. The molecule has 0 radical (unpaired) electrons. The van der Waals surface area contributed by atoms with Gasteiger partial charge < -0.3 is 10.1 Å². The summed E-state index contributed by atoms with van der Waals surface area (Å²) in [6.07, 6.45) is 0. The molecule has 2 rings (SSSR count). The molecule has 0 saturated carbocycles. The summed E-state index contributed by atoms with van der Waals surface area (Å²) in [6.45, 7) is 1.75. The molecule has 0 heterocycles. The van der Waals surface area contributed by atoms with E-state index in [-0.39, 0.29) is 10.8 Å². The van der Waals surface area contributed by atoms with Crippen LogP contribution in [0.3, 0.4) is 0 Å². The molecule has 0 aliphatic carbocycles. The van der Waals surface area contributed by atoms with Crippen molar-refractivity contribution in [2.45, 2.75) is 11.8 Å². The minimum atomic E-state index is -3.83. The first-order valence-electron chi connectivity index (χ1n) is 7.27. The highest BCUT2D eigenvalue weighted by Gasteiger charge is 2.25. The van der Waals surface area contributed by atoms with E-state index in [2.05, 4.69) is 5.32 Å². The third-order valence-electron chi connectivity index (χ3n) is 3.76. The summed E-state index contributed by atoms with van der Waals surface area (Å²) in [5, 5.41) is 2.51. The molecule has 24 heavy (non-hydrogen) atoms. The van der Waals surface area contributed by atoms with Gasteiger partial charge in [-0.3, -0.25) is 9.10 Å². The van der Waals surface area contributed by atoms with Crippen LogP contribution in [-0.2, 0) is 10.0 Å². The van der Waals surface area contributed by atoms with E-state index in [0.717, 1.165) is 4.31 Å². The lowest BCUT2D eigenvalue weighted by molar-refractivity contribution is 0.0962. The smallest absolute Gasteiger partial charge is 0.264 e. The molecule has 0 spiro atoms. The molecule has 0 aliphatic rings. The summed E-state index contributed by atoms with van der Waals surface area (Å²) in [5.41, 5.74) is 1.45. The molecule has 2 aromatic carbocycles. The van der Waals surface area contributed by atoms with Crippen LogP contribution in [0.2, 0.25) is 0 Å². The number of aryl methyl sites for hydroxylation is 1. The lowest BCUT2D eigenvalue weighted by Gasteiger charge is -2.22. The van der Waals surface area contributed by atoms with Gasteiger partial charge in [0.15, 0.2) is 0 Å². The van der Waals surface area contributed by atoms with Gasteiger partial charge in [0.1, 0.15) is 5.75 Å². The molecule has 6 nitrogen and oxygen atoms in total. The second kappa shape index (κ2) is 6.92. The van der Waals surface area contributed by atoms with Gasteiger partial charge in [0.2, 0.25) is 0 Å². The van der Waals surface area contributed by atoms with Crippen LogP contribution >= 0.6 is 0 Å². The van der Waals surface area contributed by atoms with Crippen molar-refractivity contribution in [1.82, 2.24) is 5.32 Å². The number of ether oxygens (including phenoxy) is 1. The first kappa shape index (κ1) is 17.8. The highest BCUT2D eigenvalue weighted by molar-refractivity contribution is 7.92. The maximum Gasteiger partial charge on any atom is 0.264 e. The third-order valence-corrected chi connectivity index (χ3v) is 5.53. The van der Waals surface area contributed by atoms with E-state index in [1.54, 1.807) is 37.3 Å². The van der Waals surface area contributed by atoms with Crippen LogP contribution in [0.15, 0.2) is 47.4 Å². The first-order chi connectivity index (χ1) is 11.3. The highest BCUT2D eigenvalue weighted by Crippen LogP contribution is 2.31. The van der Waals surface area contributed by atoms with Crippen molar-refractivity contribution in [2.75, 3.05) is 25.5 Å². The molecule has 1 amide bonds. The number of nitrogens with zero attached hydrogens (tertiary/aromatic N) is 1. The van der Waals surface area contributed by atoms with E-state index < -0.39 is 10.0 Å². The number of nitrogens with one attached hydrogen (secondary N) is 1. The van der Waals surface area contributed by atoms with Gasteiger partial charge in [-0.2, -0.15) is 0 Å². The molecule has 7 heteroatoms. The fourth-order valence-electron chi connectivity index (χ4n) is 2.32. The number of methoxy groups -OCH3 is 1. The summed E-state index contributed by atoms with van der Waals surface area (Å²) in [7, 11) is 0.604. The topological polar surface area (TPSA) is 75.7 Å². The summed E-state index contributed by atoms with van der Waals surface area (Å²) >= 11 is 0. The summed E-state index contributed by atoms with van der Waals surface area (Å²) in [4.78, 5) is 12.0. The SMILES string of the molecule is CNC(=O)c1cc(S(=O)(=O)N(C)c2ccccc2OC)ccc1C. The fourth-order valence-corrected chi connectivity index (χ4v) is 3.55. The van der Waals surface area contributed by atoms with Crippen LogP contribution in [0.25, 0.3) is 0 Å².